The van der Waals surface area contributed by atoms with Crippen LogP contribution in [-0.4, -0.2) is 42.1 Å². The van der Waals surface area contributed by atoms with Crippen LogP contribution < -0.4 is 5.32 Å². The number of hydrogen-bond donors (Lipinski definition) is 2. The van der Waals surface area contributed by atoms with Crippen LogP contribution in [0.4, 0.5) is 4.79 Å². The molecule has 0 aromatic rings. The summed E-state index contributed by atoms with van der Waals surface area (Å²) < 4.78 is 0. The molecule has 0 aromatic carbocycles. The second-order valence-electron chi connectivity index (χ2n) is 3.80. The van der Waals surface area contributed by atoms with Crippen molar-refractivity contribution in [2.24, 2.45) is 11.3 Å². The van der Waals surface area contributed by atoms with Gasteiger partial charge in [0, 0.05) is 20.1 Å². The zero-order valence-corrected chi connectivity index (χ0v) is 7.41. The van der Waals surface area contributed by atoms with Gasteiger partial charge in [-0.3, -0.25) is 4.79 Å². The first-order valence-electron chi connectivity index (χ1n) is 4.30. The van der Waals surface area contributed by atoms with Crippen LogP contribution in [-0.2, 0) is 4.79 Å². The number of carboxylic acid groups (broad SMARTS) is 1. The lowest BCUT2D eigenvalue weighted by molar-refractivity contribution is -0.125. The summed E-state index contributed by atoms with van der Waals surface area (Å²) in [4.78, 5) is 23.4. The van der Waals surface area contributed by atoms with Crippen molar-refractivity contribution in [2.75, 3.05) is 20.1 Å². The maximum atomic E-state index is 11.4. The van der Waals surface area contributed by atoms with Crippen molar-refractivity contribution >= 4 is 12.0 Å². The molecular formula is C8H12N2O3. The van der Waals surface area contributed by atoms with Gasteiger partial charge < -0.3 is 15.3 Å². The summed E-state index contributed by atoms with van der Waals surface area (Å²) in [5.41, 5.74) is -0.382. The van der Waals surface area contributed by atoms with Gasteiger partial charge in [0.05, 0.1) is 5.41 Å². The van der Waals surface area contributed by atoms with Gasteiger partial charge >= 0.3 is 6.09 Å². The summed E-state index contributed by atoms with van der Waals surface area (Å²) in [5.74, 6) is 0.241. The largest absolute Gasteiger partial charge is 0.465 e. The highest BCUT2D eigenvalue weighted by atomic mass is 16.4. The zero-order chi connectivity index (χ0) is 9.64. The second-order valence-corrected chi connectivity index (χ2v) is 3.80. The number of fused-ring (bicyclic) bond motifs is 1. The highest BCUT2D eigenvalue weighted by Gasteiger charge is 2.65. The smallest absolute Gasteiger partial charge is 0.407 e. The lowest BCUT2D eigenvalue weighted by atomic mass is 10.1. The molecule has 13 heavy (non-hydrogen) atoms. The average molecular weight is 184 g/mol. The lowest BCUT2D eigenvalue weighted by Gasteiger charge is -2.16. The number of carbonyl (C=O) groups excluding carboxylic acids is 1. The van der Waals surface area contributed by atoms with Gasteiger partial charge in [0.25, 0.3) is 0 Å². The van der Waals surface area contributed by atoms with Gasteiger partial charge in [0.15, 0.2) is 0 Å². The molecule has 0 bridgehead atoms. The van der Waals surface area contributed by atoms with Crippen molar-refractivity contribution in [2.45, 2.75) is 6.42 Å². The molecule has 5 nitrogen and oxygen atoms in total. The van der Waals surface area contributed by atoms with E-state index in [0.717, 1.165) is 6.42 Å². The van der Waals surface area contributed by atoms with Crippen LogP contribution in [0.5, 0.6) is 0 Å². The normalized spacial score (nSPS) is 35.5. The molecule has 0 spiro atoms. The van der Waals surface area contributed by atoms with E-state index in [1.54, 1.807) is 7.05 Å². The Labute approximate surface area is 75.7 Å². The second kappa shape index (κ2) is 2.37. The van der Waals surface area contributed by atoms with Crippen molar-refractivity contribution in [1.82, 2.24) is 10.2 Å². The SMILES string of the molecule is CNC(=O)C12CC1CN(C(=O)O)C2. The molecule has 2 rings (SSSR count). The molecule has 1 aliphatic carbocycles. The topological polar surface area (TPSA) is 69.6 Å². The first-order valence-corrected chi connectivity index (χ1v) is 4.30. The molecule has 5 heteroatoms. The van der Waals surface area contributed by atoms with Gasteiger partial charge in [-0.1, -0.05) is 0 Å². The third-order valence-electron chi connectivity index (χ3n) is 3.10. The number of nitrogens with one attached hydrogen (secondary N) is 1. The van der Waals surface area contributed by atoms with Crippen LogP contribution in [0.25, 0.3) is 0 Å². The monoisotopic (exact) mass is 184 g/mol. The van der Waals surface area contributed by atoms with Gasteiger partial charge in [-0.05, 0) is 12.3 Å². The maximum Gasteiger partial charge on any atom is 0.407 e. The van der Waals surface area contributed by atoms with Crippen molar-refractivity contribution in [3.8, 4) is 0 Å². The highest BCUT2D eigenvalue weighted by molar-refractivity contribution is 5.87. The van der Waals surface area contributed by atoms with Gasteiger partial charge in [0.2, 0.25) is 5.91 Å². The number of piperidine rings is 1. The minimum Gasteiger partial charge on any atom is -0.465 e. The third-order valence-corrected chi connectivity index (χ3v) is 3.10. The van der Waals surface area contributed by atoms with E-state index in [9.17, 15) is 9.59 Å². The molecule has 2 N–H and O–H groups in total. The quantitative estimate of drug-likeness (QED) is 0.589. The first-order chi connectivity index (χ1) is 6.10. The number of carbonyl (C=O) groups is 2. The number of likely N-dealkylation sites (tertiary alicyclic amines) is 1. The number of hydrogen-bond acceptors (Lipinski definition) is 2. The molecule has 2 fully saturated rings. The maximum absolute atomic E-state index is 11.4. The van der Waals surface area contributed by atoms with Crippen molar-refractivity contribution in [3.63, 3.8) is 0 Å². The third kappa shape index (κ3) is 0.993. The summed E-state index contributed by atoms with van der Waals surface area (Å²) in [6.45, 7) is 0.884. The lowest BCUT2D eigenvalue weighted by Crippen LogP contribution is -2.36. The fraction of sp³-hybridized carbons (Fsp3) is 0.750. The van der Waals surface area contributed by atoms with Gasteiger partial charge in [-0.15, -0.1) is 0 Å². The molecule has 1 heterocycles. The minimum absolute atomic E-state index is 0.0127. The molecule has 0 aromatic heterocycles. The summed E-state index contributed by atoms with van der Waals surface area (Å²) in [6, 6.07) is 0. The first kappa shape index (κ1) is 8.34. The Morgan fingerprint density at radius 2 is 2.31 bits per heavy atom. The zero-order valence-electron chi connectivity index (χ0n) is 7.41. The van der Waals surface area contributed by atoms with E-state index >= 15 is 0 Å². The van der Waals surface area contributed by atoms with E-state index in [4.69, 9.17) is 5.11 Å². The van der Waals surface area contributed by atoms with Crippen LogP contribution in [0.15, 0.2) is 0 Å². The Balaban J connectivity index is 2.07. The van der Waals surface area contributed by atoms with Crippen LogP contribution in [0, 0.1) is 11.3 Å². The Morgan fingerprint density at radius 3 is 2.77 bits per heavy atom. The predicted octanol–water partition coefficient (Wildman–Crippen LogP) is -0.268. The standard InChI is InChI=1S/C8H12N2O3/c1-9-6(11)8-2-5(8)3-10(4-8)7(12)13/h5H,2-4H2,1H3,(H,9,11)(H,12,13). The van der Waals surface area contributed by atoms with Crippen LogP contribution in [0.2, 0.25) is 0 Å². The fourth-order valence-corrected chi connectivity index (χ4v) is 2.23. The van der Waals surface area contributed by atoms with Gasteiger partial charge in [-0.2, -0.15) is 0 Å². The molecule has 2 atom stereocenters. The molecule has 2 aliphatic rings. The molecule has 1 aliphatic heterocycles. The summed E-state index contributed by atoms with van der Waals surface area (Å²) >= 11 is 0. The van der Waals surface area contributed by atoms with Crippen LogP contribution >= 0.6 is 0 Å². The minimum atomic E-state index is -0.921. The molecule has 2 unspecified atom stereocenters. The average Bonchev–Trinajstić information content (AvgIpc) is 2.68. The van der Waals surface area contributed by atoms with Gasteiger partial charge in [0.1, 0.15) is 0 Å². The Bertz CT molecular complexity index is 279. The molecular weight excluding hydrogens is 172 g/mol. The number of nitrogens with zero attached hydrogens (tertiary/aromatic N) is 1. The van der Waals surface area contributed by atoms with Crippen molar-refractivity contribution < 1.29 is 14.7 Å². The molecule has 0 radical (unpaired) electrons. The van der Waals surface area contributed by atoms with E-state index in [0.29, 0.717) is 13.1 Å². The molecule has 1 saturated carbocycles. The van der Waals surface area contributed by atoms with E-state index in [1.165, 1.54) is 4.90 Å². The summed E-state index contributed by atoms with van der Waals surface area (Å²) in [7, 11) is 1.59. The van der Waals surface area contributed by atoms with E-state index < -0.39 is 6.09 Å². The molecule has 1 saturated heterocycles. The predicted molar refractivity (Wildman–Crippen MR) is 44.2 cm³/mol. The van der Waals surface area contributed by atoms with Crippen molar-refractivity contribution in [1.29, 1.82) is 0 Å². The van der Waals surface area contributed by atoms with E-state index in [-0.39, 0.29) is 17.2 Å². The van der Waals surface area contributed by atoms with Crippen LogP contribution in [0.3, 0.4) is 0 Å². The van der Waals surface area contributed by atoms with E-state index in [2.05, 4.69) is 5.32 Å². The van der Waals surface area contributed by atoms with Gasteiger partial charge in [-0.25, -0.2) is 4.79 Å². The van der Waals surface area contributed by atoms with E-state index in [1.807, 2.05) is 0 Å². The van der Waals surface area contributed by atoms with Crippen molar-refractivity contribution in [3.05, 3.63) is 0 Å². The Hall–Kier alpha value is -1.26. The van der Waals surface area contributed by atoms with Crippen LogP contribution in [0.1, 0.15) is 6.42 Å². The Morgan fingerprint density at radius 1 is 1.62 bits per heavy atom. The highest BCUT2D eigenvalue weighted by Crippen LogP contribution is 2.57. The number of rotatable bonds is 1. The summed E-state index contributed by atoms with van der Waals surface area (Å²) in [5, 5.41) is 11.3. The summed E-state index contributed by atoms with van der Waals surface area (Å²) in [6.07, 6.45) is -0.0771. The number of amides is 2. The molecule has 72 valence electrons. The fourth-order valence-electron chi connectivity index (χ4n) is 2.23. The Kier molecular flexibility index (Phi) is 1.52. The molecule has 2 amide bonds.